The number of para-hydroxylation sites is 2. The zero-order valence-electron chi connectivity index (χ0n) is 16.6. The predicted molar refractivity (Wildman–Crippen MR) is 111 cm³/mol. The van der Waals surface area contributed by atoms with Crippen LogP contribution in [0.3, 0.4) is 0 Å². The molecule has 4 rings (SSSR count). The highest BCUT2D eigenvalue weighted by molar-refractivity contribution is 5.32. The van der Waals surface area contributed by atoms with E-state index in [-0.39, 0.29) is 6.17 Å². The van der Waals surface area contributed by atoms with Gasteiger partial charge in [0.25, 0.3) is 0 Å². The normalized spacial score (nSPS) is 21.2. The van der Waals surface area contributed by atoms with E-state index in [4.69, 9.17) is 4.74 Å². The molecule has 0 bridgehead atoms. The number of phenols is 2. The molecule has 0 spiro atoms. The summed E-state index contributed by atoms with van der Waals surface area (Å²) in [6.07, 6.45) is 0.208. The van der Waals surface area contributed by atoms with E-state index >= 15 is 0 Å². The van der Waals surface area contributed by atoms with Crippen LogP contribution in [0.1, 0.15) is 22.9 Å². The van der Waals surface area contributed by atoms with Crippen LogP contribution in [0.2, 0.25) is 0 Å². The Morgan fingerprint density at radius 2 is 1.24 bits per heavy atom. The molecule has 1 saturated heterocycles. The number of aromatic hydroxyl groups is 2. The second-order valence-corrected chi connectivity index (χ2v) is 7.63. The maximum Gasteiger partial charge on any atom is 0.241 e. The summed E-state index contributed by atoms with van der Waals surface area (Å²) in [7, 11) is 1.68. The van der Waals surface area contributed by atoms with Gasteiger partial charge in [0.1, 0.15) is 43.4 Å². The SMILES string of the molecule is COc1ccc(C2[NH+](Cc3ccccc3O)CC[NH+]2Cc2ccccc2O)cc1. The second kappa shape index (κ2) is 8.55. The number of phenolic OH excluding ortho intramolecular Hbond substituents is 2. The monoisotopic (exact) mass is 392 g/mol. The van der Waals surface area contributed by atoms with Gasteiger partial charge in [0.15, 0.2) is 0 Å². The minimum Gasteiger partial charge on any atom is -0.507 e. The topological polar surface area (TPSA) is 58.6 Å². The van der Waals surface area contributed by atoms with Crippen molar-refractivity contribution in [1.82, 2.24) is 0 Å². The summed E-state index contributed by atoms with van der Waals surface area (Å²) in [6.45, 7) is 3.50. The van der Waals surface area contributed by atoms with Gasteiger partial charge < -0.3 is 14.9 Å². The lowest BCUT2D eigenvalue weighted by molar-refractivity contribution is -1.09. The van der Waals surface area contributed by atoms with Crippen molar-refractivity contribution in [2.24, 2.45) is 0 Å². The third kappa shape index (κ3) is 4.21. The largest absolute Gasteiger partial charge is 0.507 e. The fraction of sp³-hybridized carbons (Fsp3) is 0.250. The number of quaternary nitrogens is 2. The average Bonchev–Trinajstić information content (AvgIpc) is 3.13. The van der Waals surface area contributed by atoms with Crippen molar-refractivity contribution >= 4 is 0 Å². The summed E-state index contributed by atoms with van der Waals surface area (Å²) in [6, 6.07) is 23.4. The number of nitrogens with one attached hydrogen (secondary N) is 2. The molecule has 0 aromatic heterocycles. The van der Waals surface area contributed by atoms with E-state index in [1.165, 1.54) is 15.4 Å². The van der Waals surface area contributed by atoms with Crippen LogP contribution >= 0.6 is 0 Å². The fourth-order valence-electron chi connectivity index (χ4n) is 4.36. The number of hydrogen-bond acceptors (Lipinski definition) is 3. The molecule has 29 heavy (non-hydrogen) atoms. The van der Waals surface area contributed by atoms with Crippen LogP contribution in [0, 0.1) is 0 Å². The molecule has 2 unspecified atom stereocenters. The third-order valence-corrected chi connectivity index (χ3v) is 5.85. The summed E-state index contributed by atoms with van der Waals surface area (Å²) in [5, 5.41) is 20.5. The van der Waals surface area contributed by atoms with E-state index in [2.05, 4.69) is 12.1 Å². The number of methoxy groups -OCH3 is 1. The van der Waals surface area contributed by atoms with Gasteiger partial charge in [-0.3, -0.25) is 9.80 Å². The standard InChI is InChI=1S/C24H26N2O3/c1-29-21-12-10-18(11-13-21)24-25(16-19-6-2-4-8-22(19)27)14-15-26(24)17-20-7-3-5-9-23(20)28/h2-13,24,27-28H,14-17H2,1H3/p+2. The first-order valence-corrected chi connectivity index (χ1v) is 10.0. The van der Waals surface area contributed by atoms with Gasteiger partial charge in [-0.15, -0.1) is 0 Å². The van der Waals surface area contributed by atoms with Gasteiger partial charge in [0, 0.05) is 11.1 Å². The van der Waals surface area contributed by atoms with Crippen LogP contribution < -0.4 is 14.5 Å². The van der Waals surface area contributed by atoms with Gasteiger partial charge in [-0.05, 0) is 48.5 Å². The Bertz CT molecular complexity index is 903. The highest BCUT2D eigenvalue weighted by Crippen LogP contribution is 2.19. The van der Waals surface area contributed by atoms with E-state index in [1.807, 2.05) is 48.5 Å². The quantitative estimate of drug-likeness (QED) is 0.511. The Balaban J connectivity index is 1.63. The summed E-state index contributed by atoms with van der Waals surface area (Å²) in [5.74, 6) is 1.54. The number of benzene rings is 3. The summed E-state index contributed by atoms with van der Waals surface area (Å²) in [4.78, 5) is 2.81. The zero-order valence-corrected chi connectivity index (χ0v) is 16.6. The minimum absolute atomic E-state index is 0.208. The van der Waals surface area contributed by atoms with Crippen LogP contribution in [-0.4, -0.2) is 30.4 Å². The first-order valence-electron chi connectivity index (χ1n) is 10.0. The van der Waals surface area contributed by atoms with Crippen molar-refractivity contribution in [2.45, 2.75) is 19.3 Å². The van der Waals surface area contributed by atoms with E-state index < -0.39 is 0 Å². The highest BCUT2D eigenvalue weighted by atomic mass is 16.5. The lowest BCUT2D eigenvalue weighted by Crippen LogP contribution is -3.22. The third-order valence-electron chi connectivity index (χ3n) is 5.85. The molecule has 1 heterocycles. The lowest BCUT2D eigenvalue weighted by atomic mass is 10.1. The van der Waals surface area contributed by atoms with Crippen LogP contribution in [0.25, 0.3) is 0 Å². The van der Waals surface area contributed by atoms with Crippen molar-refractivity contribution in [2.75, 3.05) is 20.2 Å². The summed E-state index contributed by atoms with van der Waals surface area (Å²) < 4.78 is 5.33. The van der Waals surface area contributed by atoms with Gasteiger partial charge >= 0.3 is 0 Å². The van der Waals surface area contributed by atoms with Gasteiger partial charge in [0.2, 0.25) is 6.17 Å². The molecule has 1 aliphatic rings. The van der Waals surface area contributed by atoms with Crippen molar-refractivity contribution in [3.05, 3.63) is 89.5 Å². The first kappa shape index (κ1) is 19.3. The number of hydrogen-bond donors (Lipinski definition) is 4. The van der Waals surface area contributed by atoms with Crippen molar-refractivity contribution < 1.29 is 24.7 Å². The number of ether oxygens (including phenoxy) is 1. The van der Waals surface area contributed by atoms with E-state index in [9.17, 15) is 10.2 Å². The molecule has 0 aliphatic carbocycles. The molecule has 2 atom stereocenters. The molecule has 0 saturated carbocycles. The Morgan fingerprint density at radius 3 is 1.69 bits per heavy atom. The molecule has 3 aromatic carbocycles. The Kier molecular flexibility index (Phi) is 5.69. The average molecular weight is 392 g/mol. The lowest BCUT2D eigenvalue weighted by Gasteiger charge is -2.25. The van der Waals surface area contributed by atoms with E-state index in [1.54, 1.807) is 19.2 Å². The van der Waals surface area contributed by atoms with Crippen molar-refractivity contribution in [3.63, 3.8) is 0 Å². The van der Waals surface area contributed by atoms with Crippen LogP contribution in [0.5, 0.6) is 17.2 Å². The van der Waals surface area contributed by atoms with Gasteiger partial charge in [-0.1, -0.05) is 24.3 Å². The second-order valence-electron chi connectivity index (χ2n) is 7.63. The van der Waals surface area contributed by atoms with Gasteiger partial charge in [0.05, 0.1) is 12.7 Å². The smallest absolute Gasteiger partial charge is 0.241 e. The van der Waals surface area contributed by atoms with E-state index in [0.29, 0.717) is 11.5 Å². The molecule has 1 aliphatic heterocycles. The van der Waals surface area contributed by atoms with Gasteiger partial charge in [-0.25, -0.2) is 0 Å². The Labute approximate surface area is 171 Å². The Hall–Kier alpha value is -3.02. The molecule has 0 radical (unpaired) electrons. The summed E-state index contributed by atoms with van der Waals surface area (Å²) >= 11 is 0. The number of rotatable bonds is 6. The van der Waals surface area contributed by atoms with Crippen molar-refractivity contribution in [3.8, 4) is 17.2 Å². The fourth-order valence-corrected chi connectivity index (χ4v) is 4.36. The molecule has 3 aromatic rings. The zero-order chi connectivity index (χ0) is 20.2. The molecular formula is C24H28N2O3+2. The minimum atomic E-state index is 0.208. The molecular weight excluding hydrogens is 364 g/mol. The van der Waals surface area contributed by atoms with Crippen LogP contribution in [0.4, 0.5) is 0 Å². The van der Waals surface area contributed by atoms with Crippen LogP contribution in [0.15, 0.2) is 72.8 Å². The molecule has 150 valence electrons. The first-order chi connectivity index (χ1) is 14.2. The molecule has 5 nitrogen and oxygen atoms in total. The molecule has 5 heteroatoms. The Morgan fingerprint density at radius 1 is 0.759 bits per heavy atom. The maximum atomic E-state index is 10.3. The maximum absolute atomic E-state index is 10.3. The molecule has 1 fully saturated rings. The van der Waals surface area contributed by atoms with Crippen molar-refractivity contribution in [1.29, 1.82) is 0 Å². The predicted octanol–water partition coefficient (Wildman–Crippen LogP) is 1.29. The highest BCUT2D eigenvalue weighted by Gasteiger charge is 2.41. The van der Waals surface area contributed by atoms with Crippen LogP contribution in [-0.2, 0) is 13.1 Å². The van der Waals surface area contributed by atoms with Gasteiger partial charge in [-0.2, -0.15) is 0 Å². The molecule has 0 amide bonds. The summed E-state index contributed by atoms with van der Waals surface area (Å²) in [5.41, 5.74) is 3.16. The molecule has 4 N–H and O–H groups in total. The van der Waals surface area contributed by atoms with E-state index in [0.717, 1.165) is 43.1 Å².